The molecule has 0 bridgehead atoms. The zero-order valence-corrected chi connectivity index (χ0v) is 10.3. The van der Waals surface area contributed by atoms with Crippen LogP contribution in [0, 0.1) is 22.7 Å². The van der Waals surface area contributed by atoms with Crippen molar-refractivity contribution >= 4 is 22.4 Å². The number of hydrogen-bond donors (Lipinski definition) is 1. The maximum atomic E-state index is 11.0. The van der Waals surface area contributed by atoms with Crippen molar-refractivity contribution < 1.29 is 9.90 Å². The van der Waals surface area contributed by atoms with Gasteiger partial charge in [0.1, 0.15) is 19.0 Å². The van der Waals surface area contributed by atoms with Gasteiger partial charge in [-0.15, -0.1) is 11.3 Å². The summed E-state index contributed by atoms with van der Waals surface area (Å²) in [5.74, 6) is -1.41. The quantitative estimate of drug-likeness (QED) is 0.816. The zero-order valence-electron chi connectivity index (χ0n) is 9.46. The predicted octanol–water partition coefficient (Wildman–Crippen LogP) is 1.11. The molecule has 1 unspecified atom stereocenters. The highest BCUT2D eigenvalue weighted by Crippen LogP contribution is 2.39. The molecular formula is C11H10N4O2S. The molecule has 1 aromatic heterocycles. The highest BCUT2D eigenvalue weighted by atomic mass is 32.1. The highest BCUT2D eigenvalue weighted by molar-refractivity contribution is 7.15. The van der Waals surface area contributed by atoms with Crippen molar-refractivity contribution in [3.05, 3.63) is 10.6 Å². The number of nitriles is 2. The first-order chi connectivity index (χ1) is 8.67. The van der Waals surface area contributed by atoms with Crippen LogP contribution in [0.5, 0.6) is 0 Å². The Hall–Kier alpha value is -2.12. The number of aromatic nitrogens is 1. The lowest BCUT2D eigenvalue weighted by molar-refractivity contribution is -0.138. The van der Waals surface area contributed by atoms with E-state index in [-0.39, 0.29) is 13.1 Å². The molecule has 2 rings (SSSR count). The van der Waals surface area contributed by atoms with E-state index in [2.05, 4.69) is 4.98 Å². The van der Waals surface area contributed by atoms with Gasteiger partial charge in [-0.05, 0) is 12.8 Å². The fourth-order valence-electron chi connectivity index (χ4n) is 1.95. The average Bonchev–Trinajstić information content (AvgIpc) is 2.87. The average molecular weight is 262 g/mol. The molecule has 6 nitrogen and oxygen atoms in total. The van der Waals surface area contributed by atoms with Gasteiger partial charge in [0.05, 0.1) is 17.8 Å². The van der Waals surface area contributed by atoms with Gasteiger partial charge < -0.3 is 10.0 Å². The van der Waals surface area contributed by atoms with Crippen molar-refractivity contribution in [2.45, 2.75) is 18.8 Å². The summed E-state index contributed by atoms with van der Waals surface area (Å²) in [6, 6.07) is 3.95. The van der Waals surface area contributed by atoms with E-state index >= 15 is 0 Å². The van der Waals surface area contributed by atoms with Crippen molar-refractivity contribution in [1.29, 1.82) is 10.5 Å². The van der Waals surface area contributed by atoms with E-state index in [1.807, 2.05) is 12.1 Å². The number of aliphatic carboxylic acids is 1. The Morgan fingerprint density at radius 2 is 2.17 bits per heavy atom. The Balaban J connectivity index is 2.28. The van der Waals surface area contributed by atoms with Crippen molar-refractivity contribution in [2.75, 3.05) is 18.0 Å². The van der Waals surface area contributed by atoms with Gasteiger partial charge in [-0.3, -0.25) is 4.79 Å². The largest absolute Gasteiger partial charge is 0.481 e. The van der Waals surface area contributed by atoms with E-state index < -0.39 is 11.9 Å². The van der Waals surface area contributed by atoms with Crippen LogP contribution in [0.4, 0.5) is 5.13 Å². The summed E-state index contributed by atoms with van der Waals surface area (Å²) in [6.07, 6.45) is 1.29. The number of hydrogen-bond acceptors (Lipinski definition) is 6. The second kappa shape index (κ2) is 5.03. The van der Waals surface area contributed by atoms with Crippen LogP contribution in [0.3, 0.4) is 0 Å². The van der Waals surface area contributed by atoms with Crippen LogP contribution in [-0.2, 0) is 11.2 Å². The number of anilines is 1. The Kier molecular flexibility index (Phi) is 3.45. The Bertz CT molecular complexity index is 538. The van der Waals surface area contributed by atoms with E-state index in [0.717, 1.165) is 4.88 Å². The summed E-state index contributed by atoms with van der Waals surface area (Å²) in [6.45, 7) is 0.162. The predicted molar refractivity (Wildman–Crippen MR) is 64.3 cm³/mol. The van der Waals surface area contributed by atoms with Crippen LogP contribution in [0.2, 0.25) is 0 Å². The van der Waals surface area contributed by atoms with Crippen molar-refractivity contribution in [3.63, 3.8) is 0 Å². The maximum absolute atomic E-state index is 11.0. The minimum absolute atomic E-state index is 0.0810. The first-order valence-electron chi connectivity index (χ1n) is 5.38. The number of fused-ring (bicyclic) bond motifs is 1. The minimum atomic E-state index is -0.863. The fourth-order valence-corrected chi connectivity index (χ4v) is 3.09. The number of thiazole rings is 1. The molecule has 92 valence electrons. The molecule has 0 saturated heterocycles. The van der Waals surface area contributed by atoms with Crippen LogP contribution in [0.15, 0.2) is 0 Å². The molecule has 0 aliphatic heterocycles. The van der Waals surface area contributed by atoms with Gasteiger partial charge in [0.2, 0.25) is 0 Å². The van der Waals surface area contributed by atoms with Crippen LogP contribution >= 0.6 is 11.3 Å². The fraction of sp³-hybridized carbons (Fsp3) is 0.455. The molecule has 0 spiro atoms. The van der Waals surface area contributed by atoms with E-state index in [1.165, 1.54) is 11.3 Å². The molecule has 1 atom stereocenters. The Morgan fingerprint density at radius 1 is 1.50 bits per heavy atom. The topological polar surface area (TPSA) is 101 Å². The van der Waals surface area contributed by atoms with Crippen molar-refractivity contribution in [3.8, 4) is 12.1 Å². The van der Waals surface area contributed by atoms with Gasteiger partial charge >= 0.3 is 5.97 Å². The maximum Gasteiger partial charge on any atom is 0.312 e. The lowest BCUT2D eigenvalue weighted by atomic mass is 10.1. The Labute approximate surface area is 108 Å². The van der Waals surface area contributed by atoms with Gasteiger partial charge in [-0.2, -0.15) is 10.5 Å². The third-order valence-corrected chi connectivity index (χ3v) is 3.99. The molecule has 0 fully saturated rings. The molecule has 1 N–H and O–H groups in total. The van der Waals surface area contributed by atoms with Gasteiger partial charge in [-0.25, -0.2) is 4.98 Å². The molecule has 1 aliphatic rings. The third-order valence-electron chi connectivity index (χ3n) is 2.80. The number of aryl methyl sites for hydroxylation is 1. The lowest BCUT2D eigenvalue weighted by Crippen LogP contribution is -2.23. The number of nitrogens with zero attached hydrogens (tertiary/aromatic N) is 4. The zero-order chi connectivity index (χ0) is 13.1. The number of rotatable bonds is 4. The number of carboxylic acid groups (broad SMARTS) is 1. The molecule has 0 amide bonds. The summed E-state index contributed by atoms with van der Waals surface area (Å²) in [5.41, 5.74) is 0.600. The summed E-state index contributed by atoms with van der Waals surface area (Å²) >= 11 is 1.38. The van der Waals surface area contributed by atoms with E-state index in [9.17, 15) is 4.79 Å². The van der Waals surface area contributed by atoms with Gasteiger partial charge in [0, 0.05) is 4.88 Å². The van der Waals surface area contributed by atoms with E-state index in [0.29, 0.717) is 23.7 Å². The van der Waals surface area contributed by atoms with Crippen LogP contribution < -0.4 is 4.90 Å². The molecule has 0 saturated carbocycles. The molecule has 1 heterocycles. The highest BCUT2D eigenvalue weighted by Gasteiger charge is 2.33. The SMILES string of the molecule is N#CCN(CC#N)c1nc2c(s1)CCC2C(=O)O. The monoisotopic (exact) mass is 262 g/mol. The summed E-state index contributed by atoms with van der Waals surface area (Å²) in [4.78, 5) is 17.8. The Morgan fingerprint density at radius 3 is 2.72 bits per heavy atom. The number of carbonyl (C=O) groups is 1. The van der Waals surface area contributed by atoms with Crippen molar-refractivity contribution in [1.82, 2.24) is 4.98 Å². The summed E-state index contributed by atoms with van der Waals surface area (Å²) in [7, 11) is 0. The molecule has 18 heavy (non-hydrogen) atoms. The molecule has 1 aliphatic carbocycles. The van der Waals surface area contributed by atoms with Gasteiger partial charge in [-0.1, -0.05) is 0 Å². The summed E-state index contributed by atoms with van der Waals surface area (Å²) < 4.78 is 0. The van der Waals surface area contributed by atoms with Gasteiger partial charge in [0.15, 0.2) is 5.13 Å². The second-order valence-electron chi connectivity index (χ2n) is 3.91. The van der Waals surface area contributed by atoms with Crippen LogP contribution in [0.25, 0.3) is 0 Å². The molecule has 1 aromatic rings. The van der Waals surface area contributed by atoms with Crippen molar-refractivity contribution in [2.24, 2.45) is 0 Å². The lowest BCUT2D eigenvalue weighted by Gasteiger charge is -2.13. The van der Waals surface area contributed by atoms with Gasteiger partial charge in [0.25, 0.3) is 0 Å². The second-order valence-corrected chi connectivity index (χ2v) is 4.97. The first kappa shape index (κ1) is 12.3. The summed E-state index contributed by atoms with van der Waals surface area (Å²) in [5, 5.41) is 27.0. The van der Waals surface area contributed by atoms with Crippen LogP contribution in [-0.4, -0.2) is 29.1 Å². The van der Waals surface area contributed by atoms with Crippen LogP contribution in [0.1, 0.15) is 22.9 Å². The molecular weight excluding hydrogens is 252 g/mol. The molecule has 7 heteroatoms. The minimum Gasteiger partial charge on any atom is -0.481 e. The number of carboxylic acids is 1. The first-order valence-corrected chi connectivity index (χ1v) is 6.20. The third kappa shape index (κ3) is 2.13. The molecule has 0 radical (unpaired) electrons. The standard InChI is InChI=1S/C11H10N4O2S/c12-3-5-15(6-4-13)11-14-9-7(10(16)17)1-2-8(9)18-11/h7H,1-2,5-6H2,(H,16,17). The smallest absolute Gasteiger partial charge is 0.312 e. The van der Waals surface area contributed by atoms with E-state index in [1.54, 1.807) is 4.90 Å². The normalized spacial score (nSPS) is 16.7. The van der Waals surface area contributed by atoms with E-state index in [4.69, 9.17) is 15.6 Å². The molecule has 0 aromatic carbocycles.